The van der Waals surface area contributed by atoms with E-state index in [1.54, 1.807) is 30.5 Å². The van der Waals surface area contributed by atoms with Crippen molar-refractivity contribution in [3.8, 4) is 0 Å². The van der Waals surface area contributed by atoms with Crippen LogP contribution in [0.3, 0.4) is 0 Å². The molecule has 21 heavy (non-hydrogen) atoms. The van der Waals surface area contributed by atoms with Crippen molar-refractivity contribution in [3.63, 3.8) is 0 Å². The summed E-state index contributed by atoms with van der Waals surface area (Å²) in [6.07, 6.45) is 10.0. The number of nitrogens with zero attached hydrogens (tertiary/aromatic N) is 2. The first-order valence-electron chi connectivity index (χ1n) is 7.25. The summed E-state index contributed by atoms with van der Waals surface area (Å²) in [5.41, 5.74) is 0.614. The van der Waals surface area contributed by atoms with Crippen LogP contribution in [0.5, 0.6) is 0 Å². The number of aryl methyl sites for hydroxylation is 1. The number of rotatable bonds is 8. The second kappa shape index (κ2) is 8.47. The molecule has 1 aromatic heterocycles. The van der Waals surface area contributed by atoms with Gasteiger partial charge in [0.2, 0.25) is 0 Å². The van der Waals surface area contributed by atoms with E-state index in [0.717, 1.165) is 32.2 Å². The molecule has 0 atom stereocenters. The molecule has 5 heteroatoms. The highest BCUT2D eigenvalue weighted by Crippen LogP contribution is 2.10. The van der Waals surface area contributed by atoms with Gasteiger partial charge in [-0.05, 0) is 31.0 Å². The zero-order valence-corrected chi connectivity index (χ0v) is 12.7. The Morgan fingerprint density at radius 3 is 2.86 bits per heavy atom. The van der Waals surface area contributed by atoms with Gasteiger partial charge in [0.05, 0.1) is 6.33 Å². The normalized spacial score (nSPS) is 10.5. The molecular formula is C16H20ClN3O. The molecule has 2 rings (SSSR count). The lowest BCUT2D eigenvalue weighted by atomic mass is 10.2. The van der Waals surface area contributed by atoms with Gasteiger partial charge < -0.3 is 9.88 Å². The molecule has 1 heterocycles. The van der Waals surface area contributed by atoms with E-state index in [0.29, 0.717) is 17.1 Å². The van der Waals surface area contributed by atoms with Gasteiger partial charge >= 0.3 is 0 Å². The average Bonchev–Trinajstić information content (AvgIpc) is 2.99. The van der Waals surface area contributed by atoms with E-state index in [9.17, 15) is 4.79 Å². The Bertz CT molecular complexity index is 554. The predicted octanol–water partition coefficient (Wildman–Crippen LogP) is 3.53. The van der Waals surface area contributed by atoms with Crippen LogP contribution in [-0.4, -0.2) is 22.0 Å². The quantitative estimate of drug-likeness (QED) is 0.758. The minimum absolute atomic E-state index is 0.0593. The molecule has 0 bridgehead atoms. The molecule has 4 nitrogen and oxygen atoms in total. The van der Waals surface area contributed by atoms with E-state index in [-0.39, 0.29) is 5.91 Å². The van der Waals surface area contributed by atoms with Crippen molar-refractivity contribution >= 4 is 17.5 Å². The van der Waals surface area contributed by atoms with Gasteiger partial charge in [-0.25, -0.2) is 4.98 Å². The monoisotopic (exact) mass is 305 g/mol. The molecule has 0 saturated heterocycles. The summed E-state index contributed by atoms with van der Waals surface area (Å²) in [5.74, 6) is -0.0593. The molecule has 1 N–H and O–H groups in total. The molecule has 1 aromatic carbocycles. The zero-order chi connectivity index (χ0) is 14.9. The van der Waals surface area contributed by atoms with Gasteiger partial charge in [0.1, 0.15) is 0 Å². The Morgan fingerprint density at radius 1 is 1.24 bits per heavy atom. The van der Waals surface area contributed by atoms with Crippen molar-refractivity contribution in [1.29, 1.82) is 0 Å². The van der Waals surface area contributed by atoms with Crippen LogP contribution in [-0.2, 0) is 6.54 Å². The molecule has 1 amide bonds. The Labute approximate surface area is 130 Å². The van der Waals surface area contributed by atoms with E-state index in [1.165, 1.54) is 0 Å². The van der Waals surface area contributed by atoms with Crippen molar-refractivity contribution < 1.29 is 4.79 Å². The number of imidazole rings is 1. The van der Waals surface area contributed by atoms with E-state index in [2.05, 4.69) is 14.9 Å². The molecule has 0 spiro atoms. The second-order valence-electron chi connectivity index (χ2n) is 4.98. The summed E-state index contributed by atoms with van der Waals surface area (Å²) < 4.78 is 2.08. The van der Waals surface area contributed by atoms with Crippen molar-refractivity contribution in [3.05, 3.63) is 53.6 Å². The third kappa shape index (κ3) is 5.60. The van der Waals surface area contributed by atoms with Crippen LogP contribution >= 0.6 is 11.6 Å². The Balaban J connectivity index is 1.54. The third-order valence-corrected chi connectivity index (χ3v) is 3.51. The fourth-order valence-electron chi connectivity index (χ4n) is 2.13. The fraction of sp³-hybridized carbons (Fsp3) is 0.375. The fourth-order valence-corrected chi connectivity index (χ4v) is 2.32. The number of aromatic nitrogens is 2. The number of nitrogens with one attached hydrogen (secondary N) is 1. The lowest BCUT2D eigenvalue weighted by Crippen LogP contribution is -2.24. The first kappa shape index (κ1) is 15.6. The molecule has 2 aromatic rings. The molecule has 0 aliphatic carbocycles. The molecule has 112 valence electrons. The van der Waals surface area contributed by atoms with Crippen molar-refractivity contribution in [2.45, 2.75) is 32.2 Å². The van der Waals surface area contributed by atoms with Gasteiger partial charge in [-0.15, -0.1) is 0 Å². The van der Waals surface area contributed by atoms with Crippen LogP contribution in [0.2, 0.25) is 5.02 Å². The maximum atomic E-state index is 11.9. The highest BCUT2D eigenvalue weighted by Gasteiger charge is 2.04. The summed E-state index contributed by atoms with van der Waals surface area (Å²) in [6.45, 7) is 1.71. The predicted molar refractivity (Wildman–Crippen MR) is 84.5 cm³/mol. The molecule has 0 aliphatic rings. The largest absolute Gasteiger partial charge is 0.352 e. The molecule has 0 fully saturated rings. The lowest BCUT2D eigenvalue weighted by molar-refractivity contribution is 0.0953. The molecule has 0 radical (unpaired) electrons. The average molecular weight is 306 g/mol. The number of amides is 1. The number of hydrogen-bond acceptors (Lipinski definition) is 2. The smallest absolute Gasteiger partial charge is 0.251 e. The van der Waals surface area contributed by atoms with Crippen LogP contribution in [0.15, 0.2) is 43.0 Å². The van der Waals surface area contributed by atoms with Gasteiger partial charge in [0.15, 0.2) is 0 Å². The lowest BCUT2D eigenvalue weighted by Gasteiger charge is -2.06. The first-order valence-corrected chi connectivity index (χ1v) is 7.63. The number of unbranched alkanes of at least 4 members (excludes halogenated alkanes) is 3. The Kier molecular flexibility index (Phi) is 6.28. The van der Waals surface area contributed by atoms with Gasteiger partial charge in [-0.3, -0.25) is 4.79 Å². The van der Waals surface area contributed by atoms with E-state index < -0.39 is 0 Å². The van der Waals surface area contributed by atoms with Crippen LogP contribution in [0, 0.1) is 0 Å². The van der Waals surface area contributed by atoms with Crippen LogP contribution in [0.1, 0.15) is 36.0 Å². The van der Waals surface area contributed by atoms with Crippen LogP contribution < -0.4 is 5.32 Å². The summed E-state index contributed by atoms with van der Waals surface area (Å²) >= 11 is 5.86. The highest BCUT2D eigenvalue weighted by molar-refractivity contribution is 6.30. The standard InChI is InChI=1S/C16H20ClN3O/c17-15-7-5-6-14(12-15)16(21)19-8-3-1-2-4-10-20-11-9-18-13-20/h5-7,9,11-13H,1-4,8,10H2,(H,19,21). The van der Waals surface area contributed by atoms with Crippen molar-refractivity contribution in [1.82, 2.24) is 14.9 Å². The highest BCUT2D eigenvalue weighted by atomic mass is 35.5. The van der Waals surface area contributed by atoms with Gasteiger partial charge in [-0.1, -0.05) is 30.5 Å². The molecule has 0 aliphatic heterocycles. The van der Waals surface area contributed by atoms with E-state index >= 15 is 0 Å². The summed E-state index contributed by atoms with van der Waals surface area (Å²) in [5, 5.41) is 3.50. The maximum absolute atomic E-state index is 11.9. The van der Waals surface area contributed by atoms with Crippen molar-refractivity contribution in [2.75, 3.05) is 6.54 Å². The van der Waals surface area contributed by atoms with Gasteiger partial charge in [0.25, 0.3) is 5.91 Å². The summed E-state index contributed by atoms with van der Waals surface area (Å²) in [6, 6.07) is 7.00. The van der Waals surface area contributed by atoms with Crippen molar-refractivity contribution in [2.24, 2.45) is 0 Å². The number of carbonyl (C=O) groups is 1. The zero-order valence-electron chi connectivity index (χ0n) is 12.0. The number of hydrogen-bond donors (Lipinski definition) is 1. The van der Waals surface area contributed by atoms with Gasteiger partial charge in [0, 0.05) is 36.1 Å². The van der Waals surface area contributed by atoms with Gasteiger partial charge in [-0.2, -0.15) is 0 Å². The molecule has 0 unspecified atom stereocenters. The van der Waals surface area contributed by atoms with E-state index in [4.69, 9.17) is 11.6 Å². The number of carbonyl (C=O) groups excluding carboxylic acids is 1. The summed E-state index contributed by atoms with van der Waals surface area (Å²) in [4.78, 5) is 15.9. The molecular weight excluding hydrogens is 286 g/mol. The Morgan fingerprint density at radius 2 is 2.10 bits per heavy atom. The third-order valence-electron chi connectivity index (χ3n) is 3.27. The Hall–Kier alpha value is -1.81. The molecule has 0 saturated carbocycles. The number of halogens is 1. The second-order valence-corrected chi connectivity index (χ2v) is 5.42. The number of benzene rings is 1. The maximum Gasteiger partial charge on any atom is 0.251 e. The minimum Gasteiger partial charge on any atom is -0.352 e. The topological polar surface area (TPSA) is 46.9 Å². The first-order chi connectivity index (χ1) is 10.3. The SMILES string of the molecule is O=C(NCCCCCCn1ccnc1)c1cccc(Cl)c1. The minimum atomic E-state index is -0.0593. The van der Waals surface area contributed by atoms with Crippen LogP contribution in [0.4, 0.5) is 0 Å². The summed E-state index contributed by atoms with van der Waals surface area (Å²) in [7, 11) is 0. The van der Waals surface area contributed by atoms with E-state index in [1.807, 2.05) is 12.5 Å². The van der Waals surface area contributed by atoms with Crippen LogP contribution in [0.25, 0.3) is 0 Å².